The summed E-state index contributed by atoms with van der Waals surface area (Å²) in [6, 6.07) is 8.33. The highest BCUT2D eigenvalue weighted by atomic mass is 19.4. The van der Waals surface area contributed by atoms with Crippen LogP contribution in [0.2, 0.25) is 0 Å². The first-order chi connectivity index (χ1) is 18.1. The molecule has 17 heteroatoms. The summed E-state index contributed by atoms with van der Waals surface area (Å²) in [5, 5.41) is 19.0. The van der Waals surface area contributed by atoms with E-state index in [-0.39, 0.29) is 16.9 Å². The van der Waals surface area contributed by atoms with E-state index in [1.54, 1.807) is 0 Å². The van der Waals surface area contributed by atoms with Crippen LogP contribution in [-0.4, -0.2) is 64.7 Å². The highest BCUT2D eigenvalue weighted by Crippen LogP contribution is 2.50. The lowest BCUT2D eigenvalue weighted by Gasteiger charge is -2.38. The van der Waals surface area contributed by atoms with Crippen LogP contribution in [0.25, 0.3) is 0 Å². The minimum Gasteiger partial charge on any atom is -0.497 e. The Kier molecular flexibility index (Phi) is 7.57. The molecule has 2 aliphatic rings. The maximum Gasteiger partial charge on any atom is 0.460 e. The van der Waals surface area contributed by atoms with E-state index in [1.165, 1.54) is 31.4 Å². The SMILES string of the molecule is COc1ccc2c(c1)OC(O)(C(F)(F)C(F)(F)F)CC2=O.O=C1CC(O)(C(F)(F)C(F)(F)F)Oc2ccccc21. The molecule has 0 aliphatic carbocycles. The molecular formula is C23H16F10O7. The number of para-hydroxylation sites is 1. The number of hydrogen-bond acceptors (Lipinski definition) is 7. The Morgan fingerprint density at radius 2 is 1.12 bits per heavy atom. The summed E-state index contributed by atoms with van der Waals surface area (Å²) in [6.07, 6.45) is -15.1. The van der Waals surface area contributed by atoms with Gasteiger partial charge in [-0.3, -0.25) is 9.59 Å². The second-order valence-electron chi connectivity index (χ2n) is 8.48. The smallest absolute Gasteiger partial charge is 0.460 e. The molecule has 4 rings (SSSR count). The summed E-state index contributed by atoms with van der Waals surface area (Å²) in [7, 11) is 1.23. The van der Waals surface area contributed by atoms with Gasteiger partial charge in [0.25, 0.3) is 11.6 Å². The van der Waals surface area contributed by atoms with Gasteiger partial charge in [-0.15, -0.1) is 0 Å². The fourth-order valence-electron chi connectivity index (χ4n) is 3.59. The zero-order chi connectivity index (χ0) is 30.5. The maximum absolute atomic E-state index is 13.4. The van der Waals surface area contributed by atoms with Gasteiger partial charge < -0.3 is 24.4 Å². The van der Waals surface area contributed by atoms with Crippen molar-refractivity contribution in [2.24, 2.45) is 0 Å². The summed E-state index contributed by atoms with van der Waals surface area (Å²) < 4.78 is 141. The largest absolute Gasteiger partial charge is 0.497 e. The van der Waals surface area contributed by atoms with Gasteiger partial charge in [-0.1, -0.05) is 12.1 Å². The number of ketones is 2. The number of carbonyl (C=O) groups excluding carboxylic acids is 2. The van der Waals surface area contributed by atoms with Crippen molar-refractivity contribution >= 4 is 11.6 Å². The van der Waals surface area contributed by atoms with E-state index in [0.29, 0.717) is 0 Å². The number of carbonyl (C=O) groups is 2. The van der Waals surface area contributed by atoms with Crippen LogP contribution in [0.1, 0.15) is 33.6 Å². The van der Waals surface area contributed by atoms with Gasteiger partial charge in [0.15, 0.2) is 11.6 Å². The third-order valence-electron chi connectivity index (χ3n) is 5.73. The molecule has 2 aromatic rings. The third kappa shape index (κ3) is 5.14. The molecule has 0 aromatic heterocycles. The quantitative estimate of drug-likeness (QED) is 0.478. The molecule has 2 N–H and O–H groups in total. The summed E-state index contributed by atoms with van der Waals surface area (Å²) in [5.41, 5.74) is -0.358. The molecule has 0 bridgehead atoms. The van der Waals surface area contributed by atoms with E-state index < -0.39 is 71.7 Å². The highest BCUT2D eigenvalue weighted by Gasteiger charge is 2.74. The molecule has 2 aliphatic heterocycles. The number of Topliss-reactive ketones (excluding diaryl/α,β-unsaturated/α-hetero) is 2. The molecule has 0 fully saturated rings. The van der Waals surface area contributed by atoms with Crippen molar-refractivity contribution in [2.45, 2.75) is 48.6 Å². The summed E-state index contributed by atoms with van der Waals surface area (Å²) in [4.78, 5) is 23.2. The lowest BCUT2D eigenvalue weighted by Crippen LogP contribution is -2.62. The Morgan fingerprint density at radius 1 is 0.700 bits per heavy atom. The van der Waals surface area contributed by atoms with Crippen molar-refractivity contribution in [1.82, 2.24) is 0 Å². The van der Waals surface area contributed by atoms with E-state index in [9.17, 15) is 63.7 Å². The number of fused-ring (bicyclic) bond motifs is 2. The van der Waals surface area contributed by atoms with Gasteiger partial charge in [0.1, 0.15) is 17.2 Å². The number of halogens is 10. The highest BCUT2D eigenvalue weighted by molar-refractivity contribution is 6.01. The molecule has 0 radical (unpaired) electrons. The van der Waals surface area contributed by atoms with E-state index in [1.807, 2.05) is 0 Å². The Morgan fingerprint density at radius 3 is 1.57 bits per heavy atom. The zero-order valence-corrected chi connectivity index (χ0v) is 19.7. The second kappa shape index (κ2) is 9.79. The topological polar surface area (TPSA) is 102 Å². The van der Waals surface area contributed by atoms with Gasteiger partial charge in [-0.2, -0.15) is 43.9 Å². The molecule has 2 unspecified atom stereocenters. The number of benzene rings is 2. The number of hydrogen-bond donors (Lipinski definition) is 2. The van der Waals surface area contributed by atoms with Crippen LogP contribution in [0.5, 0.6) is 17.2 Å². The number of aliphatic hydroxyl groups is 2. The minimum atomic E-state index is -6.07. The summed E-state index contributed by atoms with van der Waals surface area (Å²) >= 11 is 0. The number of ether oxygens (including phenoxy) is 3. The summed E-state index contributed by atoms with van der Waals surface area (Å²) in [6.45, 7) is 0. The molecule has 0 amide bonds. The van der Waals surface area contributed by atoms with E-state index in [4.69, 9.17) is 4.74 Å². The van der Waals surface area contributed by atoms with Crippen LogP contribution in [0.15, 0.2) is 42.5 Å². The van der Waals surface area contributed by atoms with E-state index >= 15 is 0 Å². The number of rotatable bonds is 3. The molecule has 0 saturated carbocycles. The van der Waals surface area contributed by atoms with Crippen molar-refractivity contribution in [3.8, 4) is 17.2 Å². The van der Waals surface area contributed by atoms with E-state index in [2.05, 4.69) is 9.47 Å². The predicted molar refractivity (Wildman–Crippen MR) is 110 cm³/mol. The van der Waals surface area contributed by atoms with Crippen molar-refractivity contribution in [3.05, 3.63) is 53.6 Å². The van der Waals surface area contributed by atoms with Gasteiger partial charge in [0, 0.05) is 6.07 Å². The van der Waals surface area contributed by atoms with Crippen molar-refractivity contribution in [3.63, 3.8) is 0 Å². The van der Waals surface area contributed by atoms with Crippen molar-refractivity contribution in [2.75, 3.05) is 7.11 Å². The van der Waals surface area contributed by atoms with E-state index in [0.717, 1.165) is 18.2 Å². The van der Waals surface area contributed by atoms with Crippen LogP contribution in [0.3, 0.4) is 0 Å². The van der Waals surface area contributed by atoms with Gasteiger partial charge >= 0.3 is 24.2 Å². The fourth-order valence-corrected chi connectivity index (χ4v) is 3.59. The second-order valence-corrected chi connectivity index (χ2v) is 8.48. The van der Waals surface area contributed by atoms with Gasteiger partial charge in [0.2, 0.25) is 0 Å². The minimum absolute atomic E-state index is 0.0705. The molecule has 2 atom stereocenters. The first-order valence-corrected chi connectivity index (χ1v) is 10.7. The van der Waals surface area contributed by atoms with Crippen molar-refractivity contribution < 1.29 is 77.9 Å². The standard InChI is InChI=1S/C12H9F5O4.C11H7F5O3/c1-20-6-2-3-7-8(18)5-10(19,21-9(7)4-6)11(13,14)12(15,16)17;12-10(13,11(14,15)16)9(18)5-7(17)6-3-1-2-4-8(6)19-9/h2-4,19H,5H2,1H3;1-4,18H,5H2. The zero-order valence-electron chi connectivity index (χ0n) is 19.7. The van der Waals surface area contributed by atoms with Crippen LogP contribution in [0, 0.1) is 0 Å². The Labute approximate surface area is 216 Å². The van der Waals surface area contributed by atoms with Crippen LogP contribution in [-0.2, 0) is 0 Å². The Bertz CT molecular complexity index is 1310. The Hall–Kier alpha value is -3.60. The van der Waals surface area contributed by atoms with Crippen LogP contribution >= 0.6 is 0 Å². The molecule has 0 spiro atoms. The normalized spacial score (nSPS) is 23.1. The Balaban J connectivity index is 0.000000222. The number of methoxy groups -OCH3 is 1. The average molecular weight is 594 g/mol. The molecule has 40 heavy (non-hydrogen) atoms. The fraction of sp³-hybridized carbons (Fsp3) is 0.391. The molecule has 220 valence electrons. The lowest BCUT2D eigenvalue weighted by molar-refractivity contribution is -0.385. The summed E-state index contributed by atoms with van der Waals surface area (Å²) in [5.74, 6) is -22.3. The predicted octanol–water partition coefficient (Wildman–Crippen LogP) is 5.08. The third-order valence-corrected chi connectivity index (χ3v) is 5.73. The molecule has 2 heterocycles. The monoisotopic (exact) mass is 594 g/mol. The van der Waals surface area contributed by atoms with Gasteiger partial charge in [-0.05, 0) is 24.3 Å². The maximum atomic E-state index is 13.4. The molecule has 2 aromatic carbocycles. The molecule has 7 nitrogen and oxygen atoms in total. The van der Waals surface area contributed by atoms with Crippen LogP contribution in [0.4, 0.5) is 43.9 Å². The molecular weight excluding hydrogens is 578 g/mol. The van der Waals surface area contributed by atoms with Gasteiger partial charge in [0.05, 0.1) is 31.1 Å². The average Bonchev–Trinajstić information content (AvgIpc) is 2.82. The van der Waals surface area contributed by atoms with Gasteiger partial charge in [-0.25, -0.2) is 0 Å². The first-order valence-electron chi connectivity index (χ1n) is 10.7. The first kappa shape index (κ1) is 30.9. The number of alkyl halides is 10. The van der Waals surface area contributed by atoms with Crippen LogP contribution < -0.4 is 14.2 Å². The lowest BCUT2D eigenvalue weighted by atomic mass is 9.93. The molecule has 0 saturated heterocycles. The van der Waals surface area contributed by atoms with Crippen molar-refractivity contribution in [1.29, 1.82) is 0 Å².